The first kappa shape index (κ1) is 12.2. The Morgan fingerprint density at radius 3 is 3.06 bits per heavy atom. The Kier molecular flexibility index (Phi) is 4.11. The molecule has 4 heteroatoms. The lowest BCUT2D eigenvalue weighted by molar-refractivity contribution is 0.187. The number of benzene rings is 1. The summed E-state index contributed by atoms with van der Waals surface area (Å²) in [5, 5.41) is 4.21. The molecule has 1 unspecified atom stereocenters. The van der Waals surface area contributed by atoms with Crippen molar-refractivity contribution in [3.05, 3.63) is 27.2 Å². The third-order valence-electron chi connectivity index (χ3n) is 2.85. The van der Waals surface area contributed by atoms with Crippen molar-refractivity contribution in [3.63, 3.8) is 0 Å². The number of ether oxygens (including phenoxy) is 1. The van der Waals surface area contributed by atoms with E-state index in [4.69, 9.17) is 16.3 Å². The quantitative estimate of drug-likeness (QED) is 0.915. The van der Waals surface area contributed by atoms with E-state index < -0.39 is 0 Å². The minimum absolute atomic E-state index is 0.618. The van der Waals surface area contributed by atoms with Crippen LogP contribution in [-0.4, -0.2) is 19.8 Å². The van der Waals surface area contributed by atoms with Crippen LogP contribution >= 0.6 is 27.5 Å². The highest BCUT2D eigenvalue weighted by atomic mass is 79.9. The summed E-state index contributed by atoms with van der Waals surface area (Å²) in [5.74, 6) is 0.618. The number of nitrogens with one attached hydrogen (secondary N) is 1. The van der Waals surface area contributed by atoms with E-state index in [-0.39, 0.29) is 0 Å². The summed E-state index contributed by atoms with van der Waals surface area (Å²) in [6.07, 6.45) is 1.14. The summed E-state index contributed by atoms with van der Waals surface area (Å²) in [6, 6.07) is 4.01. The minimum atomic E-state index is 0.618. The van der Waals surface area contributed by atoms with Crippen LogP contribution in [0.15, 0.2) is 16.6 Å². The summed E-state index contributed by atoms with van der Waals surface area (Å²) in [4.78, 5) is 0. The predicted octanol–water partition coefficient (Wildman–Crippen LogP) is 3.86. The molecule has 2 nitrogen and oxygen atoms in total. The van der Waals surface area contributed by atoms with Crippen LogP contribution in [0.5, 0.6) is 0 Å². The molecule has 1 aliphatic heterocycles. The van der Waals surface area contributed by atoms with Crippen LogP contribution in [0, 0.1) is 12.8 Å². The zero-order valence-electron chi connectivity index (χ0n) is 9.22. The van der Waals surface area contributed by atoms with Crippen LogP contribution < -0.4 is 5.32 Å². The number of hydrogen-bond acceptors (Lipinski definition) is 2. The van der Waals surface area contributed by atoms with Gasteiger partial charge in [0.15, 0.2) is 0 Å². The Morgan fingerprint density at radius 1 is 1.56 bits per heavy atom. The third kappa shape index (κ3) is 2.90. The van der Waals surface area contributed by atoms with Crippen LogP contribution in [0.2, 0.25) is 5.02 Å². The molecule has 1 atom stereocenters. The smallest absolute Gasteiger partial charge is 0.0511 e. The third-order valence-corrected chi connectivity index (χ3v) is 3.92. The molecular formula is C12H15BrClNO. The van der Waals surface area contributed by atoms with Gasteiger partial charge in [0.2, 0.25) is 0 Å². The van der Waals surface area contributed by atoms with Gasteiger partial charge in [0.25, 0.3) is 0 Å². The Labute approximate surface area is 109 Å². The second-order valence-electron chi connectivity index (χ2n) is 4.19. The summed E-state index contributed by atoms with van der Waals surface area (Å²) < 4.78 is 6.40. The largest absolute Gasteiger partial charge is 0.384 e. The molecule has 1 heterocycles. The normalized spacial score (nSPS) is 20.1. The molecule has 0 saturated carbocycles. The maximum atomic E-state index is 6.10. The number of halogens is 2. The Balaban J connectivity index is 2.00. The zero-order chi connectivity index (χ0) is 11.5. The van der Waals surface area contributed by atoms with Crippen LogP contribution in [0.1, 0.15) is 12.0 Å². The fourth-order valence-electron chi connectivity index (χ4n) is 1.78. The highest BCUT2D eigenvalue weighted by Gasteiger charge is 2.15. The molecule has 0 amide bonds. The van der Waals surface area contributed by atoms with Gasteiger partial charge in [0.1, 0.15) is 0 Å². The van der Waals surface area contributed by atoms with E-state index >= 15 is 0 Å². The molecule has 0 aromatic heterocycles. The molecule has 0 spiro atoms. The number of anilines is 1. The Bertz CT molecular complexity index is 378. The SMILES string of the molecule is Cc1cc(Br)c(NCC2CCOC2)cc1Cl. The van der Waals surface area contributed by atoms with E-state index in [1.54, 1.807) is 0 Å². The highest BCUT2D eigenvalue weighted by molar-refractivity contribution is 9.10. The Morgan fingerprint density at radius 2 is 2.38 bits per heavy atom. The van der Waals surface area contributed by atoms with Gasteiger partial charge in [-0.1, -0.05) is 11.6 Å². The topological polar surface area (TPSA) is 21.3 Å². The average Bonchev–Trinajstić information content (AvgIpc) is 2.74. The van der Waals surface area contributed by atoms with Crippen molar-refractivity contribution in [2.45, 2.75) is 13.3 Å². The maximum Gasteiger partial charge on any atom is 0.0511 e. The van der Waals surface area contributed by atoms with Crippen LogP contribution in [0.3, 0.4) is 0 Å². The van der Waals surface area contributed by atoms with Crippen molar-refractivity contribution in [3.8, 4) is 0 Å². The van der Waals surface area contributed by atoms with Gasteiger partial charge in [-0.3, -0.25) is 0 Å². The molecule has 88 valence electrons. The molecule has 16 heavy (non-hydrogen) atoms. The fourth-order valence-corrected chi connectivity index (χ4v) is 2.54. The lowest BCUT2D eigenvalue weighted by atomic mass is 10.1. The first-order valence-corrected chi connectivity index (χ1v) is 6.61. The van der Waals surface area contributed by atoms with Gasteiger partial charge in [-0.05, 0) is 47.0 Å². The van der Waals surface area contributed by atoms with Crippen molar-refractivity contribution in [2.24, 2.45) is 5.92 Å². The molecule has 1 aromatic carbocycles. The molecule has 1 saturated heterocycles. The van der Waals surface area contributed by atoms with E-state index in [1.165, 1.54) is 0 Å². The number of rotatable bonds is 3. The van der Waals surface area contributed by atoms with Gasteiger partial charge < -0.3 is 10.1 Å². The van der Waals surface area contributed by atoms with Crippen LogP contribution in [-0.2, 0) is 4.74 Å². The first-order chi connectivity index (χ1) is 7.66. The predicted molar refractivity (Wildman–Crippen MR) is 71.3 cm³/mol. The highest BCUT2D eigenvalue weighted by Crippen LogP contribution is 2.29. The molecule has 0 bridgehead atoms. The van der Waals surface area contributed by atoms with E-state index in [9.17, 15) is 0 Å². The second-order valence-corrected chi connectivity index (χ2v) is 5.45. The van der Waals surface area contributed by atoms with Crippen molar-refractivity contribution < 1.29 is 4.74 Å². The van der Waals surface area contributed by atoms with E-state index in [1.807, 2.05) is 19.1 Å². The van der Waals surface area contributed by atoms with Crippen LogP contribution in [0.25, 0.3) is 0 Å². The lowest BCUT2D eigenvalue weighted by Gasteiger charge is -2.13. The summed E-state index contributed by atoms with van der Waals surface area (Å²) >= 11 is 9.63. The minimum Gasteiger partial charge on any atom is -0.384 e. The second kappa shape index (κ2) is 5.39. The molecule has 0 radical (unpaired) electrons. The van der Waals surface area contributed by atoms with E-state index in [2.05, 4.69) is 21.2 Å². The summed E-state index contributed by atoms with van der Waals surface area (Å²) in [6.45, 7) is 4.70. The molecule has 1 fully saturated rings. The van der Waals surface area contributed by atoms with Crippen molar-refractivity contribution in [1.82, 2.24) is 0 Å². The standard InChI is InChI=1S/C12H15BrClNO/c1-8-4-10(13)12(5-11(8)14)15-6-9-2-3-16-7-9/h4-5,9,15H,2-3,6-7H2,1H3. The molecule has 0 aliphatic carbocycles. The van der Waals surface area contributed by atoms with Crippen molar-refractivity contribution in [2.75, 3.05) is 25.1 Å². The molecule has 1 N–H and O–H groups in total. The lowest BCUT2D eigenvalue weighted by Crippen LogP contribution is -2.14. The summed E-state index contributed by atoms with van der Waals surface area (Å²) in [7, 11) is 0. The van der Waals surface area contributed by atoms with Gasteiger partial charge in [-0.2, -0.15) is 0 Å². The van der Waals surface area contributed by atoms with Gasteiger partial charge in [-0.15, -0.1) is 0 Å². The van der Waals surface area contributed by atoms with Gasteiger partial charge >= 0.3 is 0 Å². The molecule has 1 aliphatic rings. The number of aryl methyl sites for hydroxylation is 1. The van der Waals surface area contributed by atoms with E-state index in [0.29, 0.717) is 5.92 Å². The first-order valence-electron chi connectivity index (χ1n) is 5.44. The molecule has 1 aromatic rings. The van der Waals surface area contributed by atoms with Crippen molar-refractivity contribution in [1.29, 1.82) is 0 Å². The van der Waals surface area contributed by atoms with Gasteiger partial charge in [0.05, 0.1) is 6.61 Å². The van der Waals surface area contributed by atoms with Gasteiger partial charge in [0, 0.05) is 34.3 Å². The average molecular weight is 305 g/mol. The van der Waals surface area contributed by atoms with Crippen molar-refractivity contribution >= 4 is 33.2 Å². The van der Waals surface area contributed by atoms with Gasteiger partial charge in [-0.25, -0.2) is 0 Å². The maximum absolute atomic E-state index is 6.10. The molecule has 2 rings (SSSR count). The van der Waals surface area contributed by atoms with Crippen LogP contribution in [0.4, 0.5) is 5.69 Å². The fraction of sp³-hybridized carbons (Fsp3) is 0.500. The number of hydrogen-bond donors (Lipinski definition) is 1. The monoisotopic (exact) mass is 303 g/mol. The Hall–Kier alpha value is -0.250. The molecular weight excluding hydrogens is 289 g/mol. The summed E-state index contributed by atoms with van der Waals surface area (Å²) in [5.41, 5.74) is 2.14. The van der Waals surface area contributed by atoms with E-state index in [0.717, 1.165) is 46.9 Å². The zero-order valence-corrected chi connectivity index (χ0v) is 11.6.